The third-order valence-electron chi connectivity index (χ3n) is 3.21. The van der Waals surface area contributed by atoms with Crippen LogP contribution in [0.4, 0.5) is 0 Å². The number of rotatable bonds is 3. The second kappa shape index (κ2) is 5.67. The zero-order chi connectivity index (χ0) is 14.1. The van der Waals surface area contributed by atoms with Gasteiger partial charge in [0, 0.05) is 0 Å². The molecule has 2 nitrogen and oxygen atoms in total. The summed E-state index contributed by atoms with van der Waals surface area (Å²) >= 11 is 0.608. The number of nitrogens with zero attached hydrogens (tertiary/aromatic N) is 2. The fourth-order valence-electron chi connectivity index (χ4n) is 2.23. The molecule has 0 radical (unpaired) electrons. The van der Waals surface area contributed by atoms with Crippen molar-refractivity contribution in [3.63, 3.8) is 0 Å². The van der Waals surface area contributed by atoms with Crippen LogP contribution in [0.25, 0.3) is 14.5 Å². The van der Waals surface area contributed by atoms with Gasteiger partial charge in [0.1, 0.15) is 0 Å². The first-order valence-electron chi connectivity index (χ1n) is 6.66. The van der Waals surface area contributed by atoms with Crippen LogP contribution in [-0.4, -0.2) is 38.8 Å². The molecule has 4 aromatic rings. The van der Waals surface area contributed by atoms with Gasteiger partial charge in [0.05, 0.1) is 0 Å². The quantitative estimate of drug-likeness (QED) is 0.477. The van der Waals surface area contributed by atoms with Crippen molar-refractivity contribution in [2.45, 2.75) is 0 Å². The second-order valence-electron chi connectivity index (χ2n) is 4.60. The fraction of sp³-hybridized carbons (Fsp3) is 0. The first-order chi connectivity index (χ1) is 10.4. The number of benzene rings is 2. The molecule has 4 rings (SSSR count). The summed E-state index contributed by atoms with van der Waals surface area (Å²) in [5.41, 5.74) is 1.34. The minimum atomic E-state index is 0.302. The first kappa shape index (κ1) is 13.1. The summed E-state index contributed by atoms with van der Waals surface area (Å²) in [7, 11) is 0. The number of hydrogen-bond donors (Lipinski definition) is 0. The summed E-state index contributed by atoms with van der Waals surface area (Å²) < 4.78 is 7.84. The molecule has 0 fully saturated rings. The van der Waals surface area contributed by atoms with E-state index in [1.54, 1.807) is 0 Å². The average Bonchev–Trinajstić information content (AvgIpc) is 3.12. The Kier molecular flexibility index (Phi) is 3.54. The Morgan fingerprint density at radius 1 is 0.905 bits per heavy atom. The summed E-state index contributed by atoms with van der Waals surface area (Å²) in [5.74, 6) is 0. The zero-order valence-electron chi connectivity index (χ0n) is 11.1. The maximum absolute atomic E-state index is 4.52. The summed E-state index contributed by atoms with van der Waals surface area (Å²) in [6.45, 7) is 0. The van der Waals surface area contributed by atoms with Crippen LogP contribution in [0.3, 0.4) is 0 Å². The van der Waals surface area contributed by atoms with E-state index in [0.29, 0.717) is 29.5 Å². The van der Waals surface area contributed by atoms with Crippen LogP contribution in [-0.2, 0) is 0 Å². The Hall–Kier alpha value is -1.57. The first-order valence-corrected chi connectivity index (χ1v) is 10.1. The summed E-state index contributed by atoms with van der Waals surface area (Å²) in [4.78, 5) is 4.52. The molecule has 4 heteroatoms. The van der Waals surface area contributed by atoms with E-state index in [1.165, 1.54) is 23.6 Å². The maximum atomic E-state index is 4.52. The Bertz CT molecular complexity index is 864. The molecule has 0 spiro atoms. The van der Waals surface area contributed by atoms with Gasteiger partial charge in [-0.25, -0.2) is 0 Å². The number of hydrogen-bond acceptors (Lipinski definition) is 1. The van der Waals surface area contributed by atoms with Crippen LogP contribution in [0.1, 0.15) is 0 Å². The van der Waals surface area contributed by atoms with Gasteiger partial charge in [-0.2, -0.15) is 0 Å². The predicted octanol–water partition coefficient (Wildman–Crippen LogP) is 1.71. The topological polar surface area (TPSA) is 17.3 Å². The molecule has 2 heterocycles. The van der Waals surface area contributed by atoms with Crippen molar-refractivity contribution >= 4 is 43.0 Å². The molecule has 0 bridgehead atoms. The van der Waals surface area contributed by atoms with Gasteiger partial charge >= 0.3 is 135 Å². The Morgan fingerprint density at radius 3 is 2.38 bits per heavy atom. The van der Waals surface area contributed by atoms with Crippen LogP contribution in [0.15, 0.2) is 73.1 Å². The predicted molar refractivity (Wildman–Crippen MR) is 89.0 cm³/mol. The van der Waals surface area contributed by atoms with Crippen LogP contribution in [0, 0.1) is 0 Å². The molecule has 0 amide bonds. The monoisotopic (exact) mass is 404 g/mol. The Morgan fingerprint density at radius 2 is 1.62 bits per heavy atom. The van der Waals surface area contributed by atoms with Crippen molar-refractivity contribution < 1.29 is 0 Å². The SMILES string of the molecule is c1ccc([Se]c2c(-c3ccccc3)[se]c3nccn23)cc1. The standard InChI is InChI=1S/C17H12N2Se2/c1-3-7-13(8-4-1)15-16(19-12-11-18-17(19)21-15)20-14-9-5-2-6-10-14/h1-12H. The van der Waals surface area contributed by atoms with Crippen molar-refractivity contribution in [3.05, 3.63) is 73.1 Å². The van der Waals surface area contributed by atoms with Gasteiger partial charge in [0.2, 0.25) is 0 Å². The molecule has 2 aromatic carbocycles. The minimum absolute atomic E-state index is 0.302. The average molecular weight is 402 g/mol. The molecule has 0 aliphatic carbocycles. The number of aromatic nitrogens is 2. The molecule has 21 heavy (non-hydrogen) atoms. The van der Waals surface area contributed by atoms with Gasteiger partial charge < -0.3 is 0 Å². The third kappa shape index (κ3) is 2.52. The molecule has 0 aliphatic rings. The van der Waals surface area contributed by atoms with Gasteiger partial charge in [0.15, 0.2) is 0 Å². The summed E-state index contributed by atoms with van der Waals surface area (Å²) in [6.07, 6.45) is 4.02. The Labute approximate surface area is 135 Å². The molecule has 0 saturated heterocycles. The van der Waals surface area contributed by atoms with Crippen molar-refractivity contribution in [3.8, 4) is 10.0 Å². The van der Waals surface area contributed by atoms with Gasteiger partial charge in [-0.05, 0) is 0 Å². The van der Waals surface area contributed by atoms with E-state index in [2.05, 4.69) is 76.2 Å². The van der Waals surface area contributed by atoms with E-state index < -0.39 is 0 Å². The second-order valence-corrected chi connectivity index (χ2v) is 8.88. The summed E-state index contributed by atoms with van der Waals surface area (Å²) in [5, 5.41) is 0. The number of imidazole rings is 1. The molecule has 2 aromatic heterocycles. The van der Waals surface area contributed by atoms with E-state index >= 15 is 0 Å². The molecule has 102 valence electrons. The normalized spacial score (nSPS) is 11.0. The molecule has 0 saturated carbocycles. The molecule has 0 atom stereocenters. The van der Waals surface area contributed by atoms with Gasteiger partial charge in [0.25, 0.3) is 0 Å². The van der Waals surface area contributed by atoms with E-state index in [0.717, 1.165) is 0 Å². The molecule has 0 aliphatic heterocycles. The molecule has 0 N–H and O–H groups in total. The van der Waals surface area contributed by atoms with Crippen molar-refractivity contribution in [1.82, 2.24) is 9.38 Å². The van der Waals surface area contributed by atoms with Crippen molar-refractivity contribution in [2.75, 3.05) is 0 Å². The van der Waals surface area contributed by atoms with Crippen molar-refractivity contribution in [2.24, 2.45) is 0 Å². The van der Waals surface area contributed by atoms with E-state index in [9.17, 15) is 0 Å². The van der Waals surface area contributed by atoms with E-state index in [1.807, 2.05) is 6.20 Å². The molecular weight excluding hydrogens is 390 g/mol. The van der Waals surface area contributed by atoms with Gasteiger partial charge in [-0.1, -0.05) is 0 Å². The Balaban J connectivity index is 1.87. The van der Waals surface area contributed by atoms with Gasteiger partial charge in [-0.15, -0.1) is 0 Å². The van der Waals surface area contributed by atoms with E-state index in [4.69, 9.17) is 0 Å². The van der Waals surface area contributed by atoms with Crippen LogP contribution >= 0.6 is 0 Å². The fourth-order valence-corrected chi connectivity index (χ4v) is 7.54. The zero-order valence-corrected chi connectivity index (χ0v) is 14.6. The van der Waals surface area contributed by atoms with E-state index in [-0.39, 0.29) is 0 Å². The summed E-state index contributed by atoms with van der Waals surface area (Å²) in [6, 6.07) is 21.5. The molecular formula is C17H12N2Se2. The van der Waals surface area contributed by atoms with Gasteiger partial charge in [-0.3, -0.25) is 0 Å². The van der Waals surface area contributed by atoms with Crippen molar-refractivity contribution in [1.29, 1.82) is 0 Å². The van der Waals surface area contributed by atoms with Crippen LogP contribution < -0.4 is 9.05 Å². The van der Waals surface area contributed by atoms with Crippen LogP contribution in [0.2, 0.25) is 0 Å². The van der Waals surface area contributed by atoms with Crippen LogP contribution in [0.5, 0.6) is 0 Å². The third-order valence-corrected chi connectivity index (χ3v) is 8.52. The number of fused-ring (bicyclic) bond motifs is 1. The molecule has 0 unspecified atom stereocenters.